The molecule has 1 saturated heterocycles. The van der Waals surface area contributed by atoms with Crippen molar-refractivity contribution in [2.24, 2.45) is 4.99 Å². The lowest BCUT2D eigenvalue weighted by atomic mass is 10.1. The van der Waals surface area contributed by atoms with Crippen molar-refractivity contribution in [2.75, 3.05) is 5.32 Å². The van der Waals surface area contributed by atoms with Crippen molar-refractivity contribution < 1.29 is 9.59 Å². The molecule has 1 aliphatic heterocycles. The van der Waals surface area contributed by atoms with Gasteiger partial charge in [0, 0.05) is 12.1 Å². The molecule has 1 fully saturated rings. The van der Waals surface area contributed by atoms with Gasteiger partial charge in [-0.2, -0.15) is 0 Å². The highest BCUT2D eigenvalue weighted by atomic mass is 32.2. The molecule has 0 saturated carbocycles. The van der Waals surface area contributed by atoms with E-state index in [2.05, 4.69) is 22.5 Å². The van der Waals surface area contributed by atoms with Gasteiger partial charge in [0.2, 0.25) is 11.8 Å². The standard InChI is InChI=1S/C24H23N3O2S/c1-3-16-10-6-7-15(2)22(16)26-24-27-23(29)20(30-24)14-21(28)25-19-12-11-17-8-4-5-9-18(17)13-19/h4-13,20H,3,14H2,1-2H3,(H,25,28)(H,26,27,29)/t20-/m0/s1. The van der Waals surface area contributed by atoms with Crippen LogP contribution in [-0.4, -0.2) is 22.2 Å². The number of nitrogens with one attached hydrogen (secondary N) is 2. The Morgan fingerprint density at radius 2 is 1.90 bits per heavy atom. The summed E-state index contributed by atoms with van der Waals surface area (Å²) in [5.41, 5.74) is 3.82. The minimum absolute atomic E-state index is 0.0940. The first-order chi connectivity index (χ1) is 14.5. The number of anilines is 1. The van der Waals surface area contributed by atoms with Crippen LogP contribution in [0.5, 0.6) is 0 Å². The second-order valence-electron chi connectivity index (χ2n) is 7.26. The van der Waals surface area contributed by atoms with E-state index in [1.165, 1.54) is 11.8 Å². The first-order valence-electron chi connectivity index (χ1n) is 9.97. The number of nitrogens with zero attached hydrogens (tertiary/aromatic N) is 1. The Balaban J connectivity index is 1.44. The highest BCUT2D eigenvalue weighted by Gasteiger charge is 2.32. The number of aliphatic imine (C=N–C) groups is 1. The van der Waals surface area contributed by atoms with E-state index in [4.69, 9.17) is 0 Å². The number of rotatable bonds is 5. The zero-order valence-electron chi connectivity index (χ0n) is 16.9. The third-order valence-corrected chi connectivity index (χ3v) is 6.18. The molecule has 1 aliphatic rings. The number of amidine groups is 1. The molecule has 1 heterocycles. The third-order valence-electron chi connectivity index (χ3n) is 5.10. The van der Waals surface area contributed by atoms with Crippen molar-refractivity contribution in [1.82, 2.24) is 5.32 Å². The number of amides is 2. The van der Waals surface area contributed by atoms with E-state index in [1.807, 2.05) is 67.6 Å². The lowest BCUT2D eigenvalue weighted by molar-refractivity contribution is -0.122. The fraction of sp³-hybridized carbons (Fsp3) is 0.208. The van der Waals surface area contributed by atoms with E-state index in [0.29, 0.717) is 5.17 Å². The second-order valence-corrected chi connectivity index (χ2v) is 8.45. The normalized spacial score (nSPS) is 17.3. The van der Waals surface area contributed by atoms with E-state index in [9.17, 15) is 9.59 Å². The van der Waals surface area contributed by atoms with Crippen molar-refractivity contribution in [3.8, 4) is 0 Å². The molecule has 2 N–H and O–H groups in total. The number of hydrogen-bond acceptors (Lipinski definition) is 4. The molecule has 0 aliphatic carbocycles. The summed E-state index contributed by atoms with van der Waals surface area (Å²) < 4.78 is 0. The number of carbonyl (C=O) groups is 2. The number of carbonyl (C=O) groups excluding carboxylic acids is 2. The molecule has 6 heteroatoms. The smallest absolute Gasteiger partial charge is 0.240 e. The SMILES string of the molecule is CCc1cccc(C)c1N=C1NC(=O)[C@H](CC(=O)Nc2ccc3ccccc3c2)S1. The summed E-state index contributed by atoms with van der Waals surface area (Å²) in [5.74, 6) is -0.372. The highest BCUT2D eigenvalue weighted by molar-refractivity contribution is 8.15. The van der Waals surface area contributed by atoms with Gasteiger partial charge < -0.3 is 10.6 Å². The minimum atomic E-state index is -0.488. The van der Waals surface area contributed by atoms with Crippen LogP contribution in [0.25, 0.3) is 10.8 Å². The number of benzene rings is 3. The number of para-hydroxylation sites is 1. The summed E-state index contributed by atoms with van der Waals surface area (Å²) in [7, 11) is 0. The molecule has 0 spiro atoms. The van der Waals surface area contributed by atoms with Gasteiger partial charge in [-0.15, -0.1) is 0 Å². The van der Waals surface area contributed by atoms with Gasteiger partial charge in [0.1, 0.15) is 5.25 Å². The first kappa shape index (κ1) is 20.2. The maximum Gasteiger partial charge on any atom is 0.240 e. The molecule has 0 radical (unpaired) electrons. The zero-order chi connectivity index (χ0) is 21.1. The zero-order valence-corrected chi connectivity index (χ0v) is 17.8. The van der Waals surface area contributed by atoms with Gasteiger partial charge in [0.15, 0.2) is 5.17 Å². The van der Waals surface area contributed by atoms with Gasteiger partial charge in [-0.3, -0.25) is 9.59 Å². The molecule has 5 nitrogen and oxygen atoms in total. The monoisotopic (exact) mass is 417 g/mol. The average molecular weight is 418 g/mol. The molecule has 4 rings (SSSR count). The summed E-state index contributed by atoms with van der Waals surface area (Å²) in [6, 6.07) is 19.8. The topological polar surface area (TPSA) is 70.6 Å². The third kappa shape index (κ3) is 4.39. The van der Waals surface area contributed by atoms with Crippen LogP contribution in [0.1, 0.15) is 24.5 Å². The molecule has 0 aromatic heterocycles. The van der Waals surface area contributed by atoms with Crippen LogP contribution in [0.4, 0.5) is 11.4 Å². The molecule has 0 unspecified atom stereocenters. The van der Waals surface area contributed by atoms with Gasteiger partial charge in [-0.25, -0.2) is 4.99 Å². The highest BCUT2D eigenvalue weighted by Crippen LogP contribution is 2.30. The molecular formula is C24H23N3O2S. The minimum Gasteiger partial charge on any atom is -0.326 e. The van der Waals surface area contributed by atoms with Crippen LogP contribution < -0.4 is 10.6 Å². The largest absolute Gasteiger partial charge is 0.326 e. The Bertz CT molecular complexity index is 1160. The Hall–Kier alpha value is -3.12. The number of hydrogen-bond donors (Lipinski definition) is 2. The number of aryl methyl sites for hydroxylation is 2. The van der Waals surface area contributed by atoms with E-state index in [0.717, 1.165) is 39.7 Å². The summed E-state index contributed by atoms with van der Waals surface area (Å²) >= 11 is 1.31. The van der Waals surface area contributed by atoms with E-state index < -0.39 is 5.25 Å². The van der Waals surface area contributed by atoms with Gasteiger partial charge in [0.05, 0.1) is 5.69 Å². The number of fused-ring (bicyclic) bond motifs is 1. The fourth-order valence-electron chi connectivity index (χ4n) is 3.51. The van der Waals surface area contributed by atoms with E-state index in [-0.39, 0.29) is 18.2 Å². The molecule has 3 aromatic carbocycles. The van der Waals surface area contributed by atoms with E-state index >= 15 is 0 Å². The first-order valence-corrected chi connectivity index (χ1v) is 10.8. The average Bonchev–Trinajstić information content (AvgIpc) is 3.08. The van der Waals surface area contributed by atoms with Crippen molar-refractivity contribution in [3.63, 3.8) is 0 Å². The lowest BCUT2D eigenvalue weighted by Gasteiger charge is -2.09. The molecular weight excluding hydrogens is 394 g/mol. The van der Waals surface area contributed by atoms with Crippen LogP contribution in [0.15, 0.2) is 65.7 Å². The Kier molecular flexibility index (Phi) is 5.86. The summed E-state index contributed by atoms with van der Waals surface area (Å²) in [6.45, 7) is 4.09. The lowest BCUT2D eigenvalue weighted by Crippen LogP contribution is -2.28. The summed E-state index contributed by atoms with van der Waals surface area (Å²) in [5, 5.41) is 7.95. The van der Waals surface area contributed by atoms with Gasteiger partial charge in [-0.05, 0) is 47.4 Å². The maximum atomic E-state index is 12.5. The molecule has 0 bridgehead atoms. The van der Waals surface area contributed by atoms with Crippen molar-refractivity contribution in [2.45, 2.75) is 31.9 Å². The fourth-order valence-corrected chi connectivity index (χ4v) is 4.48. The van der Waals surface area contributed by atoms with Crippen LogP contribution in [0.3, 0.4) is 0 Å². The Labute approximate surface area is 180 Å². The molecule has 152 valence electrons. The maximum absolute atomic E-state index is 12.5. The van der Waals surface area contributed by atoms with Crippen molar-refractivity contribution in [3.05, 3.63) is 71.8 Å². The van der Waals surface area contributed by atoms with Gasteiger partial charge >= 0.3 is 0 Å². The molecule has 3 aromatic rings. The quantitative estimate of drug-likeness (QED) is 0.616. The van der Waals surface area contributed by atoms with Crippen LogP contribution in [0, 0.1) is 6.92 Å². The van der Waals surface area contributed by atoms with Crippen molar-refractivity contribution in [1.29, 1.82) is 0 Å². The van der Waals surface area contributed by atoms with Crippen LogP contribution >= 0.6 is 11.8 Å². The molecule has 1 atom stereocenters. The summed E-state index contributed by atoms with van der Waals surface area (Å²) in [4.78, 5) is 29.6. The Morgan fingerprint density at radius 3 is 2.70 bits per heavy atom. The summed E-state index contributed by atoms with van der Waals surface area (Å²) in [6.07, 6.45) is 0.959. The van der Waals surface area contributed by atoms with E-state index in [1.54, 1.807) is 0 Å². The van der Waals surface area contributed by atoms with Crippen LogP contribution in [-0.2, 0) is 16.0 Å². The Morgan fingerprint density at radius 1 is 1.10 bits per heavy atom. The second kappa shape index (κ2) is 8.71. The molecule has 2 amide bonds. The number of thioether (sulfide) groups is 1. The van der Waals surface area contributed by atoms with Crippen LogP contribution in [0.2, 0.25) is 0 Å². The van der Waals surface area contributed by atoms with Gasteiger partial charge in [-0.1, -0.05) is 67.2 Å². The van der Waals surface area contributed by atoms with Crippen molar-refractivity contribution >= 4 is 50.9 Å². The van der Waals surface area contributed by atoms with Gasteiger partial charge in [0.25, 0.3) is 0 Å². The predicted molar refractivity (Wildman–Crippen MR) is 124 cm³/mol. The predicted octanol–water partition coefficient (Wildman–Crippen LogP) is 4.96. The molecule has 30 heavy (non-hydrogen) atoms.